The molecule has 20 heavy (non-hydrogen) atoms. The standard InChI is InChI=1S/C16H16ClNO2/c1-11-3-2-4-12(7-11)10-18-14-9-16-15(8-13(14)17)19-5-6-20-16/h2-4,7-9,18H,5-6,10H2,1H3. The first-order chi connectivity index (χ1) is 9.72. The van der Waals surface area contributed by atoms with Crippen LogP contribution in [0.1, 0.15) is 11.1 Å². The molecule has 1 aliphatic heterocycles. The molecule has 3 nitrogen and oxygen atoms in total. The zero-order valence-corrected chi connectivity index (χ0v) is 12.0. The van der Waals surface area contributed by atoms with Crippen LogP contribution >= 0.6 is 11.6 Å². The molecule has 0 spiro atoms. The van der Waals surface area contributed by atoms with E-state index in [9.17, 15) is 0 Å². The van der Waals surface area contributed by atoms with Crippen molar-refractivity contribution in [2.24, 2.45) is 0 Å². The van der Waals surface area contributed by atoms with Gasteiger partial charge in [-0.3, -0.25) is 0 Å². The van der Waals surface area contributed by atoms with Gasteiger partial charge in [-0.2, -0.15) is 0 Å². The first-order valence-corrected chi connectivity index (χ1v) is 6.99. The summed E-state index contributed by atoms with van der Waals surface area (Å²) < 4.78 is 11.1. The van der Waals surface area contributed by atoms with Crippen molar-refractivity contribution in [1.82, 2.24) is 0 Å². The molecule has 1 heterocycles. The molecule has 2 aromatic rings. The molecule has 0 saturated carbocycles. The van der Waals surface area contributed by atoms with Crippen LogP contribution in [0.3, 0.4) is 0 Å². The number of nitrogens with one attached hydrogen (secondary N) is 1. The zero-order chi connectivity index (χ0) is 13.9. The van der Waals surface area contributed by atoms with Gasteiger partial charge in [-0.25, -0.2) is 0 Å². The Bertz CT molecular complexity index is 628. The maximum absolute atomic E-state index is 6.26. The largest absolute Gasteiger partial charge is 0.486 e. The Balaban J connectivity index is 1.77. The van der Waals surface area contributed by atoms with Gasteiger partial charge in [-0.05, 0) is 12.5 Å². The van der Waals surface area contributed by atoms with E-state index in [4.69, 9.17) is 21.1 Å². The SMILES string of the molecule is Cc1cccc(CNc2cc3c(cc2Cl)OCCO3)c1. The van der Waals surface area contributed by atoms with E-state index in [0.29, 0.717) is 24.0 Å². The second-order valence-electron chi connectivity index (χ2n) is 4.82. The second-order valence-corrected chi connectivity index (χ2v) is 5.23. The van der Waals surface area contributed by atoms with Gasteiger partial charge in [0.15, 0.2) is 11.5 Å². The molecule has 0 aromatic heterocycles. The Morgan fingerprint density at radius 3 is 2.60 bits per heavy atom. The van der Waals surface area contributed by atoms with Gasteiger partial charge < -0.3 is 14.8 Å². The lowest BCUT2D eigenvalue weighted by atomic mass is 10.1. The van der Waals surface area contributed by atoms with Crippen LogP contribution in [0.4, 0.5) is 5.69 Å². The highest BCUT2D eigenvalue weighted by molar-refractivity contribution is 6.33. The molecule has 0 atom stereocenters. The molecule has 1 N–H and O–H groups in total. The predicted molar refractivity (Wildman–Crippen MR) is 80.9 cm³/mol. The summed E-state index contributed by atoms with van der Waals surface area (Å²) in [7, 11) is 0. The highest BCUT2D eigenvalue weighted by Gasteiger charge is 2.14. The molecule has 0 amide bonds. The van der Waals surface area contributed by atoms with Crippen LogP contribution in [0.2, 0.25) is 5.02 Å². The molecular weight excluding hydrogens is 274 g/mol. The number of anilines is 1. The molecule has 0 aliphatic carbocycles. The smallest absolute Gasteiger partial charge is 0.163 e. The summed E-state index contributed by atoms with van der Waals surface area (Å²) in [6.45, 7) is 3.95. The summed E-state index contributed by atoms with van der Waals surface area (Å²) in [4.78, 5) is 0. The minimum Gasteiger partial charge on any atom is -0.486 e. The Morgan fingerprint density at radius 2 is 1.85 bits per heavy atom. The molecule has 0 fully saturated rings. The summed E-state index contributed by atoms with van der Waals surface area (Å²) in [5.74, 6) is 1.45. The van der Waals surface area contributed by atoms with Gasteiger partial charge in [0, 0.05) is 18.7 Å². The molecule has 0 saturated heterocycles. The average Bonchev–Trinajstić information content (AvgIpc) is 2.45. The summed E-state index contributed by atoms with van der Waals surface area (Å²) in [6.07, 6.45) is 0. The van der Waals surface area contributed by atoms with Gasteiger partial charge in [0.1, 0.15) is 13.2 Å². The van der Waals surface area contributed by atoms with Crippen molar-refractivity contribution < 1.29 is 9.47 Å². The lowest BCUT2D eigenvalue weighted by Crippen LogP contribution is -2.15. The van der Waals surface area contributed by atoms with E-state index in [1.807, 2.05) is 6.07 Å². The maximum atomic E-state index is 6.26. The van der Waals surface area contributed by atoms with Crippen LogP contribution in [-0.4, -0.2) is 13.2 Å². The Hall–Kier alpha value is -1.87. The first-order valence-electron chi connectivity index (χ1n) is 6.61. The van der Waals surface area contributed by atoms with Crippen LogP contribution in [0.25, 0.3) is 0 Å². The van der Waals surface area contributed by atoms with Gasteiger partial charge in [-0.15, -0.1) is 0 Å². The van der Waals surface area contributed by atoms with Gasteiger partial charge >= 0.3 is 0 Å². The van der Waals surface area contributed by atoms with Crippen molar-refractivity contribution in [3.05, 3.63) is 52.5 Å². The van der Waals surface area contributed by atoms with E-state index in [1.54, 1.807) is 6.07 Å². The van der Waals surface area contributed by atoms with Crippen LogP contribution < -0.4 is 14.8 Å². The summed E-state index contributed by atoms with van der Waals surface area (Å²) in [5, 5.41) is 3.98. The summed E-state index contributed by atoms with van der Waals surface area (Å²) in [5.41, 5.74) is 3.32. The Labute approximate surface area is 123 Å². The van der Waals surface area contributed by atoms with Gasteiger partial charge in [0.25, 0.3) is 0 Å². The Morgan fingerprint density at radius 1 is 1.10 bits per heavy atom. The van der Waals surface area contributed by atoms with E-state index in [-0.39, 0.29) is 0 Å². The number of hydrogen-bond acceptors (Lipinski definition) is 3. The third-order valence-electron chi connectivity index (χ3n) is 3.20. The van der Waals surface area contributed by atoms with Crippen molar-refractivity contribution in [2.75, 3.05) is 18.5 Å². The minimum absolute atomic E-state index is 0.569. The molecule has 0 radical (unpaired) electrons. The van der Waals surface area contributed by atoms with Crippen molar-refractivity contribution in [1.29, 1.82) is 0 Å². The predicted octanol–water partition coefficient (Wildman–Crippen LogP) is 4.03. The van der Waals surface area contributed by atoms with E-state index in [1.165, 1.54) is 11.1 Å². The number of aryl methyl sites for hydroxylation is 1. The van der Waals surface area contributed by atoms with E-state index in [0.717, 1.165) is 18.0 Å². The normalized spacial score (nSPS) is 13.1. The highest BCUT2D eigenvalue weighted by Crippen LogP contribution is 2.38. The number of fused-ring (bicyclic) bond motifs is 1. The van der Waals surface area contributed by atoms with Crippen LogP contribution in [0, 0.1) is 6.92 Å². The van der Waals surface area contributed by atoms with E-state index < -0.39 is 0 Å². The van der Waals surface area contributed by atoms with Gasteiger partial charge in [-0.1, -0.05) is 41.4 Å². The molecular formula is C16H16ClNO2. The lowest BCUT2D eigenvalue weighted by molar-refractivity contribution is 0.171. The fraction of sp³-hybridized carbons (Fsp3) is 0.250. The number of hydrogen-bond donors (Lipinski definition) is 1. The second kappa shape index (κ2) is 5.63. The highest BCUT2D eigenvalue weighted by atomic mass is 35.5. The molecule has 2 aromatic carbocycles. The fourth-order valence-electron chi connectivity index (χ4n) is 2.22. The lowest BCUT2D eigenvalue weighted by Gasteiger charge is -2.20. The van der Waals surface area contributed by atoms with Crippen molar-refractivity contribution in [3.63, 3.8) is 0 Å². The molecule has 1 aliphatic rings. The fourth-order valence-corrected chi connectivity index (χ4v) is 2.44. The summed E-state index contributed by atoms with van der Waals surface area (Å²) in [6, 6.07) is 12.1. The van der Waals surface area contributed by atoms with Crippen LogP contribution in [0.15, 0.2) is 36.4 Å². The summed E-state index contributed by atoms with van der Waals surface area (Å²) >= 11 is 6.26. The first kappa shape index (κ1) is 13.1. The third-order valence-corrected chi connectivity index (χ3v) is 3.51. The average molecular weight is 290 g/mol. The maximum Gasteiger partial charge on any atom is 0.163 e. The molecule has 0 bridgehead atoms. The molecule has 104 valence electrons. The third kappa shape index (κ3) is 2.83. The van der Waals surface area contributed by atoms with Crippen molar-refractivity contribution in [2.45, 2.75) is 13.5 Å². The Kier molecular flexibility index (Phi) is 3.70. The van der Waals surface area contributed by atoms with E-state index in [2.05, 4.69) is 36.5 Å². The topological polar surface area (TPSA) is 30.5 Å². The number of benzene rings is 2. The van der Waals surface area contributed by atoms with Crippen LogP contribution in [0.5, 0.6) is 11.5 Å². The molecule has 3 rings (SSSR count). The monoisotopic (exact) mass is 289 g/mol. The minimum atomic E-state index is 0.569. The van der Waals surface area contributed by atoms with Crippen molar-refractivity contribution >= 4 is 17.3 Å². The number of ether oxygens (including phenoxy) is 2. The molecule has 0 unspecified atom stereocenters. The van der Waals surface area contributed by atoms with Gasteiger partial charge in [0.05, 0.1) is 10.7 Å². The quantitative estimate of drug-likeness (QED) is 0.925. The molecule has 4 heteroatoms. The number of rotatable bonds is 3. The van der Waals surface area contributed by atoms with E-state index >= 15 is 0 Å². The zero-order valence-electron chi connectivity index (χ0n) is 11.3. The van der Waals surface area contributed by atoms with Crippen molar-refractivity contribution in [3.8, 4) is 11.5 Å². The number of halogens is 1. The van der Waals surface area contributed by atoms with Crippen LogP contribution in [-0.2, 0) is 6.54 Å². The van der Waals surface area contributed by atoms with Gasteiger partial charge in [0.2, 0.25) is 0 Å².